The van der Waals surface area contributed by atoms with Gasteiger partial charge in [-0.3, -0.25) is 14.4 Å². The van der Waals surface area contributed by atoms with Crippen LogP contribution in [0, 0.1) is 0 Å². The van der Waals surface area contributed by atoms with Crippen molar-refractivity contribution in [3.8, 4) is 22.3 Å². The molecule has 240 valence electrons. The number of pyridine rings is 2. The second-order valence-electron chi connectivity index (χ2n) is 13.5. The molecular formula is C47H26N4O. The third kappa shape index (κ3) is 3.64. The van der Waals surface area contributed by atoms with Gasteiger partial charge < -0.3 is 4.42 Å². The summed E-state index contributed by atoms with van der Waals surface area (Å²) in [6.07, 6.45) is 3.85. The minimum atomic E-state index is 0.595. The maximum absolute atomic E-state index is 6.22. The van der Waals surface area contributed by atoms with E-state index < -0.39 is 0 Å². The number of rotatable bonds is 1. The van der Waals surface area contributed by atoms with Crippen LogP contribution in [0.2, 0.25) is 0 Å². The summed E-state index contributed by atoms with van der Waals surface area (Å²) < 4.78 is 8.33. The molecule has 10 aromatic rings. The van der Waals surface area contributed by atoms with E-state index in [1.54, 1.807) is 0 Å². The Morgan fingerprint density at radius 3 is 1.90 bits per heavy atom. The Kier molecular flexibility index (Phi) is 5.44. The Labute approximate surface area is 296 Å². The SMILES string of the molecule is c1ccc2c(c1)oc1nc3c(-c4ccc5c(c4)c4cccc6c4-c4c(ccnc4c4ccccc4c4ncccc64)c4ccccc45)cccc3n12. The predicted octanol–water partition coefficient (Wildman–Crippen LogP) is 12.3. The number of aromatic nitrogens is 4. The standard InChI is InChI=1S/C47H26N4O/c1-2-11-30-29(10-1)31-22-21-27(28-14-8-19-40-45(28)50-47-51(40)39-18-5-6-20-41(39)52-47)26-38(31)33-16-7-15-32-35-17-9-24-48-44(35)36-12-3-4-13-37(36)46-43(42(32)33)34(30)23-25-49-46/h1-26H. The summed E-state index contributed by atoms with van der Waals surface area (Å²) in [5.74, 6) is 0.595. The van der Waals surface area contributed by atoms with Crippen LogP contribution in [0.5, 0.6) is 0 Å². The first-order chi connectivity index (χ1) is 25.8. The van der Waals surface area contributed by atoms with Crippen molar-refractivity contribution in [2.24, 2.45) is 0 Å². The summed E-state index contributed by atoms with van der Waals surface area (Å²) in [7, 11) is 0. The lowest BCUT2D eigenvalue weighted by molar-refractivity contribution is 0.643. The number of oxazole rings is 1. The van der Waals surface area contributed by atoms with Crippen molar-refractivity contribution >= 4 is 92.9 Å². The second-order valence-corrected chi connectivity index (χ2v) is 13.5. The van der Waals surface area contributed by atoms with E-state index in [4.69, 9.17) is 19.4 Å². The number of hydrogen-bond acceptors (Lipinski definition) is 4. The summed E-state index contributed by atoms with van der Waals surface area (Å²) in [4.78, 5) is 15.2. The number of benzene rings is 6. The molecule has 0 bridgehead atoms. The minimum absolute atomic E-state index is 0.595. The van der Waals surface area contributed by atoms with Crippen LogP contribution in [0.4, 0.5) is 0 Å². The van der Waals surface area contributed by atoms with Crippen molar-refractivity contribution in [3.05, 3.63) is 158 Å². The van der Waals surface area contributed by atoms with E-state index in [2.05, 4.69) is 126 Å². The van der Waals surface area contributed by atoms with Crippen LogP contribution < -0.4 is 0 Å². The molecule has 0 unspecified atom stereocenters. The fraction of sp³-hybridized carbons (Fsp3) is 0. The van der Waals surface area contributed by atoms with Gasteiger partial charge in [0.25, 0.3) is 0 Å². The quantitative estimate of drug-likeness (QED) is 0.176. The smallest absolute Gasteiger partial charge is 0.307 e. The minimum Gasteiger partial charge on any atom is -0.423 e. The van der Waals surface area contributed by atoms with E-state index in [9.17, 15) is 0 Å². The maximum atomic E-state index is 6.22. The first-order valence-electron chi connectivity index (χ1n) is 17.5. The average Bonchev–Trinajstić information content (AvgIpc) is 3.76. The van der Waals surface area contributed by atoms with Crippen LogP contribution in [0.15, 0.2) is 162 Å². The van der Waals surface area contributed by atoms with Crippen LogP contribution in [0.25, 0.3) is 115 Å². The van der Waals surface area contributed by atoms with Gasteiger partial charge in [0, 0.05) is 45.2 Å². The van der Waals surface area contributed by atoms with Gasteiger partial charge in [0.05, 0.1) is 22.1 Å². The Morgan fingerprint density at radius 1 is 0.404 bits per heavy atom. The molecule has 0 amide bonds. The van der Waals surface area contributed by atoms with E-state index in [-0.39, 0.29) is 0 Å². The van der Waals surface area contributed by atoms with E-state index in [1.165, 1.54) is 27.1 Å². The molecule has 5 nitrogen and oxygen atoms in total. The van der Waals surface area contributed by atoms with Crippen LogP contribution in [0.1, 0.15) is 0 Å². The Bertz CT molecular complexity index is 3480. The normalized spacial score (nSPS) is 12.2. The Hall–Kier alpha value is -7.11. The van der Waals surface area contributed by atoms with Gasteiger partial charge in [0.2, 0.25) is 0 Å². The predicted molar refractivity (Wildman–Crippen MR) is 214 cm³/mol. The molecule has 0 N–H and O–H groups in total. The molecule has 2 aliphatic rings. The van der Waals surface area contributed by atoms with Crippen molar-refractivity contribution in [3.63, 3.8) is 0 Å². The van der Waals surface area contributed by atoms with Crippen molar-refractivity contribution in [1.29, 1.82) is 0 Å². The second kappa shape index (κ2) is 10.2. The third-order valence-corrected chi connectivity index (χ3v) is 10.9. The van der Waals surface area contributed by atoms with Gasteiger partial charge in [-0.25, -0.2) is 0 Å². The fourth-order valence-corrected chi connectivity index (χ4v) is 8.71. The molecule has 6 aromatic carbocycles. The largest absolute Gasteiger partial charge is 0.423 e. The maximum Gasteiger partial charge on any atom is 0.307 e. The van der Waals surface area contributed by atoms with E-state index in [1.807, 2.05) is 36.7 Å². The van der Waals surface area contributed by atoms with Crippen LogP contribution in [0.3, 0.4) is 0 Å². The lowest BCUT2D eigenvalue weighted by Gasteiger charge is -2.19. The third-order valence-electron chi connectivity index (χ3n) is 10.9. The van der Waals surface area contributed by atoms with Crippen molar-refractivity contribution < 1.29 is 4.42 Å². The fourth-order valence-electron chi connectivity index (χ4n) is 8.71. The summed E-state index contributed by atoms with van der Waals surface area (Å²) in [6.45, 7) is 0. The lowest BCUT2D eigenvalue weighted by atomic mass is 9.85. The molecule has 0 aliphatic heterocycles. The number of fused-ring (bicyclic) bond motifs is 15. The summed E-state index contributed by atoms with van der Waals surface area (Å²) in [6, 6.07) is 51.9. The average molecular weight is 663 g/mol. The van der Waals surface area contributed by atoms with Gasteiger partial charge in [-0.15, -0.1) is 0 Å². The molecule has 0 saturated carbocycles. The van der Waals surface area contributed by atoms with Gasteiger partial charge in [-0.2, -0.15) is 4.98 Å². The molecule has 2 aliphatic carbocycles. The molecule has 12 rings (SSSR count). The summed E-state index contributed by atoms with van der Waals surface area (Å²) >= 11 is 0. The van der Waals surface area contributed by atoms with Gasteiger partial charge >= 0.3 is 5.84 Å². The van der Waals surface area contributed by atoms with E-state index in [0.29, 0.717) is 5.84 Å². The highest BCUT2D eigenvalue weighted by Crippen LogP contribution is 2.47. The van der Waals surface area contributed by atoms with Crippen LogP contribution >= 0.6 is 0 Å². The first-order valence-corrected chi connectivity index (χ1v) is 17.5. The zero-order valence-corrected chi connectivity index (χ0v) is 27.7. The highest BCUT2D eigenvalue weighted by atomic mass is 16.4. The van der Waals surface area contributed by atoms with E-state index >= 15 is 0 Å². The van der Waals surface area contributed by atoms with Gasteiger partial charge in [0.15, 0.2) is 5.58 Å². The molecule has 4 heterocycles. The monoisotopic (exact) mass is 662 g/mol. The molecule has 0 fully saturated rings. The molecule has 0 radical (unpaired) electrons. The Balaban J connectivity index is 1.31. The highest BCUT2D eigenvalue weighted by Gasteiger charge is 2.21. The molecule has 52 heavy (non-hydrogen) atoms. The van der Waals surface area contributed by atoms with Crippen LogP contribution in [-0.2, 0) is 0 Å². The number of nitrogens with zero attached hydrogens (tertiary/aromatic N) is 4. The molecule has 0 atom stereocenters. The van der Waals surface area contributed by atoms with Crippen molar-refractivity contribution in [2.45, 2.75) is 0 Å². The number of hydrogen-bond donors (Lipinski definition) is 0. The number of para-hydroxylation sites is 3. The molecule has 5 heteroatoms. The zero-order chi connectivity index (χ0) is 33.9. The van der Waals surface area contributed by atoms with E-state index in [0.717, 1.165) is 82.2 Å². The van der Waals surface area contributed by atoms with Crippen molar-refractivity contribution in [1.82, 2.24) is 19.4 Å². The highest BCUT2D eigenvalue weighted by molar-refractivity contribution is 6.31. The zero-order valence-electron chi connectivity index (χ0n) is 27.7. The van der Waals surface area contributed by atoms with Gasteiger partial charge in [-0.05, 0) is 79.7 Å². The molecule has 4 aromatic heterocycles. The molecular weight excluding hydrogens is 637 g/mol. The molecule has 0 saturated heterocycles. The number of imidazole rings is 1. The van der Waals surface area contributed by atoms with Gasteiger partial charge in [0.1, 0.15) is 5.52 Å². The topological polar surface area (TPSA) is 56.2 Å². The van der Waals surface area contributed by atoms with Gasteiger partial charge in [-0.1, -0.05) is 109 Å². The molecule has 0 spiro atoms. The first kappa shape index (κ1) is 27.7. The Morgan fingerprint density at radius 2 is 1.02 bits per heavy atom. The summed E-state index contributed by atoms with van der Waals surface area (Å²) in [5, 5.41) is 11.5. The van der Waals surface area contributed by atoms with Crippen LogP contribution in [-0.4, -0.2) is 19.4 Å². The lowest BCUT2D eigenvalue weighted by Crippen LogP contribution is -1.94. The summed E-state index contributed by atoms with van der Waals surface area (Å²) in [5.41, 5.74) is 10.2. The van der Waals surface area contributed by atoms with Crippen molar-refractivity contribution in [2.75, 3.05) is 0 Å².